The number of amides is 1. The molecule has 1 amide bonds. The summed E-state index contributed by atoms with van der Waals surface area (Å²) < 4.78 is 21.1. The van der Waals surface area contributed by atoms with Crippen LogP contribution in [0, 0.1) is 11.7 Å². The number of rotatable bonds is 3. The van der Waals surface area contributed by atoms with Crippen molar-refractivity contribution in [1.29, 1.82) is 0 Å². The Hall–Kier alpha value is -2.18. The van der Waals surface area contributed by atoms with E-state index in [1.807, 2.05) is 28.6 Å². The molecule has 0 radical (unpaired) electrons. The van der Waals surface area contributed by atoms with Crippen molar-refractivity contribution in [3.8, 4) is 11.3 Å². The average molecular weight is 385 g/mol. The maximum atomic E-state index is 13.2. The van der Waals surface area contributed by atoms with Crippen molar-refractivity contribution in [2.75, 3.05) is 19.7 Å². The average Bonchev–Trinajstić information content (AvgIpc) is 3.09. The Labute approximate surface area is 165 Å². The second-order valence-corrected chi connectivity index (χ2v) is 8.02. The highest BCUT2D eigenvalue weighted by molar-refractivity contribution is 5.94. The summed E-state index contributed by atoms with van der Waals surface area (Å²) in [5.74, 6) is 0.125. The van der Waals surface area contributed by atoms with Gasteiger partial charge in [0, 0.05) is 44.4 Å². The lowest BCUT2D eigenvalue weighted by Crippen LogP contribution is -2.47. The van der Waals surface area contributed by atoms with Crippen LogP contribution in [0.3, 0.4) is 0 Å². The topological polar surface area (TPSA) is 60.5 Å². The van der Waals surface area contributed by atoms with Crippen LogP contribution in [0.5, 0.6) is 0 Å². The van der Waals surface area contributed by atoms with Gasteiger partial charge >= 0.3 is 0 Å². The number of likely N-dealkylation sites (tertiary alicyclic amines) is 1. The van der Waals surface area contributed by atoms with Crippen LogP contribution in [0.4, 0.5) is 4.39 Å². The van der Waals surface area contributed by atoms with Gasteiger partial charge in [0.05, 0.1) is 6.10 Å². The zero-order valence-corrected chi connectivity index (χ0v) is 16.3. The molecule has 0 saturated carbocycles. The molecule has 150 valence electrons. The molecule has 2 saturated heterocycles. The molecule has 6 heteroatoms. The number of carbonyl (C=O) groups excluding carboxylic acids is 1. The van der Waals surface area contributed by atoms with Crippen LogP contribution < -0.4 is 5.73 Å². The molecular formula is C22H28FN3O2. The molecule has 0 bridgehead atoms. The molecule has 1 aromatic heterocycles. The van der Waals surface area contributed by atoms with Gasteiger partial charge in [0.2, 0.25) is 0 Å². The zero-order valence-electron chi connectivity index (χ0n) is 16.3. The Morgan fingerprint density at radius 1 is 1.18 bits per heavy atom. The molecule has 2 aliphatic rings. The second kappa shape index (κ2) is 8.05. The lowest BCUT2D eigenvalue weighted by molar-refractivity contribution is -0.0440. The fourth-order valence-corrected chi connectivity index (χ4v) is 4.48. The van der Waals surface area contributed by atoms with Gasteiger partial charge in [-0.1, -0.05) is 0 Å². The highest BCUT2D eigenvalue weighted by atomic mass is 19.1. The minimum Gasteiger partial charge on any atom is -0.378 e. The Morgan fingerprint density at radius 2 is 1.96 bits per heavy atom. The van der Waals surface area contributed by atoms with Crippen molar-refractivity contribution in [2.24, 2.45) is 18.7 Å². The number of aromatic nitrogens is 1. The molecule has 28 heavy (non-hydrogen) atoms. The van der Waals surface area contributed by atoms with E-state index in [0.717, 1.165) is 50.1 Å². The molecule has 3 atom stereocenters. The molecule has 0 spiro atoms. The molecule has 2 aliphatic heterocycles. The second-order valence-electron chi connectivity index (χ2n) is 8.02. The van der Waals surface area contributed by atoms with Crippen LogP contribution in [-0.4, -0.2) is 47.2 Å². The number of halogens is 1. The molecule has 2 aromatic rings. The van der Waals surface area contributed by atoms with Crippen LogP contribution in [0.25, 0.3) is 11.3 Å². The van der Waals surface area contributed by atoms with Crippen molar-refractivity contribution in [2.45, 2.75) is 37.8 Å². The summed E-state index contributed by atoms with van der Waals surface area (Å²) in [6.45, 7) is 2.20. The van der Waals surface area contributed by atoms with Gasteiger partial charge in [-0.3, -0.25) is 4.79 Å². The lowest BCUT2D eigenvalue weighted by Gasteiger charge is -2.39. The van der Waals surface area contributed by atoms with Gasteiger partial charge in [-0.2, -0.15) is 0 Å². The van der Waals surface area contributed by atoms with Gasteiger partial charge < -0.3 is 19.9 Å². The van der Waals surface area contributed by atoms with Crippen LogP contribution in [-0.2, 0) is 11.8 Å². The number of carbonyl (C=O) groups is 1. The third-order valence-corrected chi connectivity index (χ3v) is 6.11. The Kier molecular flexibility index (Phi) is 5.51. The van der Waals surface area contributed by atoms with Crippen LogP contribution in [0.15, 0.2) is 36.4 Å². The van der Waals surface area contributed by atoms with Gasteiger partial charge in [0.25, 0.3) is 5.91 Å². The van der Waals surface area contributed by atoms with Crippen molar-refractivity contribution in [3.05, 3.63) is 47.9 Å². The number of nitrogens with zero attached hydrogens (tertiary/aromatic N) is 2. The highest BCUT2D eigenvalue weighted by Crippen LogP contribution is 2.29. The molecule has 2 N–H and O–H groups in total. The molecule has 3 unspecified atom stereocenters. The third-order valence-electron chi connectivity index (χ3n) is 6.11. The van der Waals surface area contributed by atoms with Gasteiger partial charge in [-0.05, 0) is 67.6 Å². The van der Waals surface area contributed by atoms with Crippen molar-refractivity contribution >= 4 is 5.91 Å². The van der Waals surface area contributed by atoms with E-state index in [-0.39, 0.29) is 23.9 Å². The normalized spacial score (nSPS) is 25.7. The first-order valence-electron chi connectivity index (χ1n) is 10.1. The molecule has 3 heterocycles. The van der Waals surface area contributed by atoms with Gasteiger partial charge in [-0.25, -0.2) is 4.39 Å². The molecule has 4 rings (SSSR count). The van der Waals surface area contributed by atoms with E-state index in [2.05, 4.69) is 0 Å². The quantitative estimate of drug-likeness (QED) is 0.883. The zero-order chi connectivity index (χ0) is 19.7. The monoisotopic (exact) mass is 385 g/mol. The van der Waals surface area contributed by atoms with E-state index in [0.29, 0.717) is 18.2 Å². The smallest absolute Gasteiger partial charge is 0.270 e. The van der Waals surface area contributed by atoms with E-state index >= 15 is 0 Å². The lowest BCUT2D eigenvalue weighted by atomic mass is 9.87. The number of nitrogens with two attached hydrogens (primary N) is 1. The summed E-state index contributed by atoms with van der Waals surface area (Å²) in [6, 6.07) is 10.3. The SMILES string of the molecule is Cn1c(C(=O)N2CCCC(C3CC(N)CCO3)C2)ccc1-c1ccc(F)cc1. The number of piperidine rings is 1. The van der Waals surface area contributed by atoms with Gasteiger partial charge in [0.15, 0.2) is 0 Å². The van der Waals surface area contributed by atoms with Crippen molar-refractivity contribution in [1.82, 2.24) is 9.47 Å². The fourth-order valence-electron chi connectivity index (χ4n) is 4.48. The summed E-state index contributed by atoms with van der Waals surface area (Å²) in [6.07, 6.45) is 4.02. The molecular weight excluding hydrogens is 357 g/mol. The minimum atomic E-state index is -0.265. The van der Waals surface area contributed by atoms with Crippen LogP contribution >= 0.6 is 0 Å². The summed E-state index contributed by atoms with van der Waals surface area (Å²) in [5.41, 5.74) is 8.57. The Morgan fingerprint density at radius 3 is 2.71 bits per heavy atom. The number of hydrogen-bond donors (Lipinski definition) is 1. The molecule has 1 aromatic carbocycles. The predicted octanol–water partition coefficient (Wildman–Crippen LogP) is 3.19. The maximum absolute atomic E-state index is 13.2. The first-order valence-corrected chi connectivity index (χ1v) is 10.1. The summed E-state index contributed by atoms with van der Waals surface area (Å²) >= 11 is 0. The van der Waals surface area contributed by atoms with Crippen molar-refractivity contribution in [3.63, 3.8) is 0 Å². The summed E-state index contributed by atoms with van der Waals surface area (Å²) in [4.78, 5) is 15.1. The molecule has 2 fully saturated rings. The third kappa shape index (κ3) is 3.84. The predicted molar refractivity (Wildman–Crippen MR) is 106 cm³/mol. The van der Waals surface area contributed by atoms with E-state index in [1.165, 1.54) is 12.1 Å². The van der Waals surface area contributed by atoms with Crippen LogP contribution in [0.2, 0.25) is 0 Å². The van der Waals surface area contributed by atoms with E-state index in [9.17, 15) is 9.18 Å². The standard InChI is InChI=1S/C22H28FN3O2/c1-25-19(15-4-6-17(23)7-5-15)8-9-20(25)22(27)26-11-2-3-16(14-26)21-13-18(24)10-12-28-21/h4-9,16,18,21H,2-3,10-14,24H2,1H3. The first kappa shape index (κ1) is 19.2. The van der Waals surface area contributed by atoms with E-state index in [1.54, 1.807) is 12.1 Å². The van der Waals surface area contributed by atoms with E-state index in [4.69, 9.17) is 10.5 Å². The molecule has 5 nitrogen and oxygen atoms in total. The molecule has 0 aliphatic carbocycles. The highest BCUT2D eigenvalue weighted by Gasteiger charge is 2.33. The van der Waals surface area contributed by atoms with Gasteiger partial charge in [-0.15, -0.1) is 0 Å². The van der Waals surface area contributed by atoms with Gasteiger partial charge in [0.1, 0.15) is 11.5 Å². The largest absolute Gasteiger partial charge is 0.378 e. The summed E-state index contributed by atoms with van der Waals surface area (Å²) in [7, 11) is 1.89. The minimum absolute atomic E-state index is 0.0423. The number of ether oxygens (including phenoxy) is 1. The van der Waals surface area contributed by atoms with Crippen molar-refractivity contribution < 1.29 is 13.9 Å². The Bertz CT molecular complexity index is 833. The number of benzene rings is 1. The first-order chi connectivity index (χ1) is 13.5. The maximum Gasteiger partial charge on any atom is 0.270 e. The van der Waals surface area contributed by atoms with Crippen LogP contribution in [0.1, 0.15) is 36.2 Å². The Balaban J connectivity index is 1.49. The fraction of sp³-hybridized carbons (Fsp3) is 0.500. The summed E-state index contributed by atoms with van der Waals surface area (Å²) in [5, 5.41) is 0. The van der Waals surface area contributed by atoms with E-state index < -0.39 is 0 Å². The number of hydrogen-bond acceptors (Lipinski definition) is 3.